The summed E-state index contributed by atoms with van der Waals surface area (Å²) >= 11 is 5.87. The van der Waals surface area contributed by atoms with Crippen LogP contribution in [-0.4, -0.2) is 35.3 Å². The molecule has 6 nitrogen and oxygen atoms in total. The van der Waals surface area contributed by atoms with Gasteiger partial charge < -0.3 is 15.2 Å². The standard InChI is InChI=1S/C10H11ClN2O4/c11-7-3-6(13(15)16)1-2-9(7)17-10-5-12-4-8(10)14/h1-3,8,10,12,14H,4-5H2. The second-order valence-electron chi connectivity index (χ2n) is 3.75. The van der Waals surface area contributed by atoms with Gasteiger partial charge in [-0.1, -0.05) is 11.6 Å². The maximum atomic E-state index is 10.5. The van der Waals surface area contributed by atoms with Crippen LogP contribution in [0.2, 0.25) is 5.02 Å². The minimum Gasteiger partial charge on any atom is -0.485 e. The number of nitro benzene ring substituents is 1. The lowest BCUT2D eigenvalue weighted by molar-refractivity contribution is -0.384. The molecule has 0 aromatic heterocycles. The van der Waals surface area contributed by atoms with Gasteiger partial charge in [0.05, 0.1) is 9.95 Å². The molecule has 1 heterocycles. The van der Waals surface area contributed by atoms with Crippen LogP contribution < -0.4 is 10.1 Å². The van der Waals surface area contributed by atoms with Crippen molar-refractivity contribution in [1.29, 1.82) is 0 Å². The molecule has 2 unspecified atom stereocenters. The maximum Gasteiger partial charge on any atom is 0.271 e. The number of hydrogen-bond acceptors (Lipinski definition) is 5. The molecule has 1 aliphatic rings. The minimum absolute atomic E-state index is 0.0903. The van der Waals surface area contributed by atoms with Gasteiger partial charge in [-0.05, 0) is 6.07 Å². The molecule has 2 N–H and O–H groups in total. The van der Waals surface area contributed by atoms with Crippen molar-refractivity contribution >= 4 is 17.3 Å². The fourth-order valence-electron chi connectivity index (χ4n) is 1.62. The van der Waals surface area contributed by atoms with E-state index in [-0.39, 0.29) is 16.8 Å². The Morgan fingerprint density at radius 3 is 2.82 bits per heavy atom. The predicted octanol–water partition coefficient (Wildman–Crippen LogP) is 0.960. The predicted molar refractivity (Wildman–Crippen MR) is 61.4 cm³/mol. The Balaban J connectivity index is 2.14. The van der Waals surface area contributed by atoms with Gasteiger partial charge in [-0.2, -0.15) is 0 Å². The summed E-state index contributed by atoms with van der Waals surface area (Å²) in [6, 6.07) is 3.98. The molecule has 92 valence electrons. The lowest BCUT2D eigenvalue weighted by Gasteiger charge is -2.16. The van der Waals surface area contributed by atoms with Crippen molar-refractivity contribution in [3.63, 3.8) is 0 Å². The zero-order valence-corrected chi connectivity index (χ0v) is 9.55. The molecule has 0 aliphatic carbocycles. The molecule has 2 rings (SSSR count). The second kappa shape index (κ2) is 4.87. The van der Waals surface area contributed by atoms with Crippen LogP contribution in [-0.2, 0) is 0 Å². The molecule has 1 saturated heterocycles. The molecule has 0 spiro atoms. The number of rotatable bonds is 3. The van der Waals surface area contributed by atoms with Gasteiger partial charge in [0.1, 0.15) is 18.0 Å². The Bertz CT molecular complexity index is 440. The van der Waals surface area contributed by atoms with Crippen LogP contribution in [0.25, 0.3) is 0 Å². The first-order chi connectivity index (χ1) is 8.08. The number of β-amino-alcohol motifs (C(OH)–C–C–N with tert-alkyl or cyclic N) is 1. The number of halogens is 1. The van der Waals surface area contributed by atoms with E-state index in [1.807, 2.05) is 0 Å². The molecular formula is C10H11ClN2O4. The van der Waals surface area contributed by atoms with Crippen LogP contribution in [0, 0.1) is 10.1 Å². The van der Waals surface area contributed by atoms with Crippen LogP contribution >= 0.6 is 11.6 Å². The Hall–Kier alpha value is -1.37. The quantitative estimate of drug-likeness (QED) is 0.623. The third-order valence-corrected chi connectivity index (χ3v) is 2.83. The Morgan fingerprint density at radius 1 is 1.53 bits per heavy atom. The van der Waals surface area contributed by atoms with E-state index < -0.39 is 11.0 Å². The van der Waals surface area contributed by atoms with Crippen LogP contribution in [0.4, 0.5) is 5.69 Å². The fraction of sp³-hybridized carbons (Fsp3) is 0.400. The highest BCUT2D eigenvalue weighted by Gasteiger charge is 2.27. The molecule has 1 aromatic carbocycles. The number of non-ortho nitro benzene ring substituents is 1. The highest BCUT2D eigenvalue weighted by atomic mass is 35.5. The summed E-state index contributed by atoms with van der Waals surface area (Å²) in [6.45, 7) is 0.990. The van der Waals surface area contributed by atoms with E-state index in [1.165, 1.54) is 18.2 Å². The van der Waals surface area contributed by atoms with Gasteiger partial charge in [0.2, 0.25) is 0 Å². The van der Waals surface area contributed by atoms with Crippen molar-refractivity contribution in [3.05, 3.63) is 33.3 Å². The third-order valence-electron chi connectivity index (χ3n) is 2.53. The Labute approximate surface area is 102 Å². The third kappa shape index (κ3) is 2.66. The van der Waals surface area contributed by atoms with Crippen molar-refractivity contribution in [2.45, 2.75) is 12.2 Å². The number of nitrogens with one attached hydrogen (secondary N) is 1. The van der Waals surface area contributed by atoms with Gasteiger partial charge in [-0.15, -0.1) is 0 Å². The Kier molecular flexibility index (Phi) is 3.46. The monoisotopic (exact) mass is 258 g/mol. The summed E-state index contributed by atoms with van der Waals surface area (Å²) < 4.78 is 5.49. The van der Waals surface area contributed by atoms with E-state index >= 15 is 0 Å². The summed E-state index contributed by atoms with van der Waals surface area (Å²) in [6.07, 6.45) is -0.977. The van der Waals surface area contributed by atoms with Gasteiger partial charge in [-0.3, -0.25) is 10.1 Å². The largest absolute Gasteiger partial charge is 0.485 e. The molecule has 0 bridgehead atoms. The van der Waals surface area contributed by atoms with Crippen LogP contribution in [0.5, 0.6) is 5.75 Å². The summed E-state index contributed by atoms with van der Waals surface area (Å²) in [4.78, 5) is 9.99. The highest BCUT2D eigenvalue weighted by Crippen LogP contribution is 2.30. The van der Waals surface area contributed by atoms with Crippen LogP contribution in [0.1, 0.15) is 0 Å². The lowest BCUT2D eigenvalue weighted by Crippen LogP contribution is -2.29. The maximum absolute atomic E-state index is 10.5. The van der Waals surface area contributed by atoms with Crippen molar-refractivity contribution in [3.8, 4) is 5.75 Å². The first-order valence-corrected chi connectivity index (χ1v) is 5.45. The van der Waals surface area contributed by atoms with Gasteiger partial charge in [0.25, 0.3) is 5.69 Å². The fourth-order valence-corrected chi connectivity index (χ4v) is 1.84. The van der Waals surface area contributed by atoms with Gasteiger partial charge >= 0.3 is 0 Å². The average molecular weight is 259 g/mol. The molecule has 1 aliphatic heterocycles. The summed E-state index contributed by atoms with van der Waals surface area (Å²) in [5.41, 5.74) is -0.0903. The van der Waals surface area contributed by atoms with E-state index in [9.17, 15) is 15.2 Å². The number of hydrogen-bond donors (Lipinski definition) is 2. The van der Waals surface area contributed by atoms with E-state index in [1.54, 1.807) is 0 Å². The number of aliphatic hydroxyl groups excluding tert-OH is 1. The number of aliphatic hydroxyl groups is 1. The van der Waals surface area contributed by atoms with Crippen molar-refractivity contribution in [2.24, 2.45) is 0 Å². The molecule has 1 aromatic rings. The van der Waals surface area contributed by atoms with Crippen molar-refractivity contribution in [2.75, 3.05) is 13.1 Å². The molecule has 0 radical (unpaired) electrons. The smallest absolute Gasteiger partial charge is 0.271 e. The second-order valence-corrected chi connectivity index (χ2v) is 4.16. The number of ether oxygens (including phenoxy) is 1. The normalized spacial score (nSPS) is 23.6. The molecular weight excluding hydrogens is 248 g/mol. The van der Waals surface area contributed by atoms with Crippen LogP contribution in [0.15, 0.2) is 18.2 Å². The summed E-state index contributed by atoms with van der Waals surface area (Å²) in [7, 11) is 0. The molecule has 17 heavy (non-hydrogen) atoms. The van der Waals surface area contributed by atoms with E-state index in [0.29, 0.717) is 18.8 Å². The van der Waals surface area contributed by atoms with Gasteiger partial charge in [-0.25, -0.2) is 0 Å². The van der Waals surface area contributed by atoms with Crippen LogP contribution in [0.3, 0.4) is 0 Å². The summed E-state index contributed by atoms with van der Waals surface area (Å²) in [5.74, 6) is 0.338. The molecule has 0 saturated carbocycles. The van der Waals surface area contributed by atoms with E-state index in [0.717, 1.165) is 0 Å². The lowest BCUT2D eigenvalue weighted by atomic mass is 10.2. The first kappa shape index (κ1) is 12.1. The zero-order chi connectivity index (χ0) is 12.4. The molecule has 0 amide bonds. The van der Waals surface area contributed by atoms with Gasteiger partial charge in [0, 0.05) is 25.2 Å². The summed E-state index contributed by atoms with van der Waals surface area (Å²) in [5, 5.41) is 23.2. The topological polar surface area (TPSA) is 84.6 Å². The minimum atomic E-state index is -0.596. The molecule has 7 heteroatoms. The number of nitro groups is 1. The Morgan fingerprint density at radius 2 is 2.29 bits per heavy atom. The van der Waals surface area contributed by atoms with E-state index in [2.05, 4.69) is 5.32 Å². The van der Waals surface area contributed by atoms with E-state index in [4.69, 9.17) is 16.3 Å². The average Bonchev–Trinajstić information content (AvgIpc) is 2.67. The highest BCUT2D eigenvalue weighted by molar-refractivity contribution is 6.32. The van der Waals surface area contributed by atoms with Gasteiger partial charge in [0.15, 0.2) is 0 Å². The molecule has 2 atom stereocenters. The zero-order valence-electron chi connectivity index (χ0n) is 8.80. The molecule has 1 fully saturated rings. The number of nitrogens with zero attached hydrogens (tertiary/aromatic N) is 1. The van der Waals surface area contributed by atoms with Crippen molar-refractivity contribution in [1.82, 2.24) is 5.32 Å². The SMILES string of the molecule is O=[N+]([O-])c1ccc(OC2CNCC2O)c(Cl)c1. The van der Waals surface area contributed by atoms with Crippen molar-refractivity contribution < 1.29 is 14.8 Å². The number of benzene rings is 1. The first-order valence-electron chi connectivity index (χ1n) is 5.07.